The summed E-state index contributed by atoms with van der Waals surface area (Å²) in [5.41, 5.74) is 14.1. The van der Waals surface area contributed by atoms with E-state index in [9.17, 15) is 0 Å². The Morgan fingerprint density at radius 2 is 1.04 bits per heavy atom. The van der Waals surface area contributed by atoms with Gasteiger partial charge in [0, 0.05) is 25.2 Å². The van der Waals surface area contributed by atoms with Crippen LogP contribution in [0.1, 0.15) is 80.1 Å². The van der Waals surface area contributed by atoms with Crippen molar-refractivity contribution in [2.24, 2.45) is 33.1 Å². The molecular weight excluding hydrogens is 282 g/mol. The summed E-state index contributed by atoms with van der Waals surface area (Å²) in [5, 5.41) is 3.81. The van der Waals surface area contributed by atoms with E-state index in [2.05, 4.69) is 46.9 Å². The fourth-order valence-corrected chi connectivity index (χ4v) is 6.36. The summed E-state index contributed by atoms with van der Waals surface area (Å²) in [6, 6.07) is 0.700. The van der Waals surface area contributed by atoms with Crippen molar-refractivity contribution in [1.29, 1.82) is 0 Å². The topological polar surface area (TPSA) is 64.1 Å². The van der Waals surface area contributed by atoms with Crippen molar-refractivity contribution in [1.82, 2.24) is 5.32 Å². The van der Waals surface area contributed by atoms with Crippen molar-refractivity contribution >= 4 is 0 Å². The van der Waals surface area contributed by atoms with Crippen LogP contribution in [0, 0.1) is 21.7 Å². The fourth-order valence-electron chi connectivity index (χ4n) is 6.36. The van der Waals surface area contributed by atoms with Crippen LogP contribution in [0.3, 0.4) is 0 Å². The van der Waals surface area contributed by atoms with E-state index in [1.54, 1.807) is 0 Å². The molecule has 4 unspecified atom stereocenters. The van der Waals surface area contributed by atoms with Gasteiger partial charge >= 0.3 is 0 Å². The molecule has 0 aromatic rings. The maximum absolute atomic E-state index is 6.34. The molecule has 2 rings (SSSR count). The molecule has 3 nitrogen and oxygen atoms in total. The molecule has 5 N–H and O–H groups in total. The minimum Gasteiger partial charge on any atom is -0.328 e. The first-order chi connectivity index (χ1) is 10.3. The van der Waals surface area contributed by atoms with Crippen LogP contribution < -0.4 is 16.8 Å². The summed E-state index contributed by atoms with van der Waals surface area (Å²) < 4.78 is 0. The highest BCUT2D eigenvalue weighted by Gasteiger charge is 2.42. The summed E-state index contributed by atoms with van der Waals surface area (Å²) in [4.78, 5) is 0. The van der Waals surface area contributed by atoms with Gasteiger partial charge in [-0.2, -0.15) is 0 Å². The third-order valence-electron chi connectivity index (χ3n) is 6.05. The molecule has 2 aliphatic carbocycles. The van der Waals surface area contributed by atoms with Gasteiger partial charge in [-0.1, -0.05) is 41.5 Å². The van der Waals surface area contributed by atoms with Crippen molar-refractivity contribution in [2.75, 3.05) is 13.1 Å². The Kier molecular flexibility index (Phi) is 5.27. The summed E-state index contributed by atoms with van der Waals surface area (Å²) in [6.07, 6.45) is 7.13. The van der Waals surface area contributed by atoms with Crippen LogP contribution >= 0.6 is 0 Å². The first kappa shape index (κ1) is 19.2. The molecule has 0 saturated heterocycles. The Morgan fingerprint density at radius 3 is 1.35 bits per heavy atom. The lowest BCUT2D eigenvalue weighted by molar-refractivity contribution is 0.0616. The average Bonchev–Trinajstić information content (AvgIpc) is 2.19. The Hall–Kier alpha value is -0.120. The van der Waals surface area contributed by atoms with Gasteiger partial charge in [0.15, 0.2) is 0 Å². The van der Waals surface area contributed by atoms with Crippen LogP contribution in [0.4, 0.5) is 0 Å². The smallest absolute Gasteiger partial charge is 0.00495 e. The second kappa shape index (κ2) is 6.31. The number of hydrogen-bond acceptors (Lipinski definition) is 3. The zero-order valence-electron chi connectivity index (χ0n) is 16.5. The van der Waals surface area contributed by atoms with Crippen molar-refractivity contribution in [3.05, 3.63) is 0 Å². The second-order valence-electron chi connectivity index (χ2n) is 11.2. The third kappa shape index (κ3) is 5.44. The van der Waals surface area contributed by atoms with Gasteiger partial charge in [0.2, 0.25) is 0 Å². The van der Waals surface area contributed by atoms with E-state index in [4.69, 9.17) is 11.5 Å². The van der Waals surface area contributed by atoms with Crippen LogP contribution in [-0.4, -0.2) is 25.2 Å². The lowest BCUT2D eigenvalue weighted by Gasteiger charge is -2.48. The van der Waals surface area contributed by atoms with E-state index in [-0.39, 0.29) is 0 Å². The monoisotopic (exact) mass is 323 g/mol. The SMILES string of the molecule is CC1(C)CC(N)CC(C)(CNCC2(C)CC(N)CC(C)(C)C2)C1. The molecule has 0 spiro atoms. The number of rotatable bonds is 4. The first-order valence-corrected chi connectivity index (χ1v) is 9.54. The summed E-state index contributed by atoms with van der Waals surface area (Å²) in [7, 11) is 0. The average molecular weight is 324 g/mol. The first-order valence-electron chi connectivity index (χ1n) is 9.54. The van der Waals surface area contributed by atoms with Crippen LogP contribution in [0.2, 0.25) is 0 Å². The molecule has 0 heterocycles. The molecule has 0 amide bonds. The largest absolute Gasteiger partial charge is 0.328 e. The number of nitrogens with two attached hydrogens (primary N) is 2. The Balaban J connectivity index is 1.91. The molecule has 0 aromatic carbocycles. The molecule has 3 heteroatoms. The van der Waals surface area contributed by atoms with Crippen molar-refractivity contribution in [3.63, 3.8) is 0 Å². The molecular formula is C20H41N3. The predicted molar refractivity (Wildman–Crippen MR) is 100 cm³/mol. The highest BCUT2D eigenvalue weighted by Crippen LogP contribution is 2.47. The standard InChI is InChI=1S/C20H41N3/c1-17(2)7-15(21)9-19(5,11-17)13-23-14-20(6)10-16(22)8-18(3,4)12-20/h15-16,23H,7-14,21-22H2,1-6H3. The molecule has 2 fully saturated rings. The van der Waals surface area contributed by atoms with Gasteiger partial charge in [-0.25, -0.2) is 0 Å². The molecule has 2 saturated carbocycles. The molecule has 136 valence electrons. The van der Waals surface area contributed by atoms with Gasteiger partial charge in [0.1, 0.15) is 0 Å². The lowest BCUT2D eigenvalue weighted by Crippen LogP contribution is -2.50. The van der Waals surface area contributed by atoms with Gasteiger partial charge in [-0.05, 0) is 60.2 Å². The fraction of sp³-hybridized carbons (Fsp3) is 1.00. The van der Waals surface area contributed by atoms with E-state index in [1.807, 2.05) is 0 Å². The Labute approximate surface area is 144 Å². The normalized spacial score (nSPS) is 43.3. The van der Waals surface area contributed by atoms with Gasteiger partial charge in [-0.15, -0.1) is 0 Å². The van der Waals surface area contributed by atoms with Crippen LogP contribution in [0.5, 0.6) is 0 Å². The lowest BCUT2D eigenvalue weighted by atomic mass is 9.62. The molecule has 0 radical (unpaired) electrons. The number of hydrogen-bond donors (Lipinski definition) is 3. The molecule has 0 aliphatic heterocycles. The van der Waals surface area contributed by atoms with E-state index in [0.29, 0.717) is 33.7 Å². The van der Waals surface area contributed by atoms with Gasteiger partial charge in [0.05, 0.1) is 0 Å². The molecule has 0 aromatic heterocycles. The van der Waals surface area contributed by atoms with Crippen LogP contribution in [-0.2, 0) is 0 Å². The van der Waals surface area contributed by atoms with E-state index >= 15 is 0 Å². The molecule has 0 bridgehead atoms. The van der Waals surface area contributed by atoms with E-state index < -0.39 is 0 Å². The Bertz CT molecular complexity index is 379. The van der Waals surface area contributed by atoms with E-state index in [0.717, 1.165) is 38.8 Å². The van der Waals surface area contributed by atoms with Crippen LogP contribution in [0.25, 0.3) is 0 Å². The maximum Gasteiger partial charge on any atom is 0.00495 e. The Morgan fingerprint density at radius 1 is 0.696 bits per heavy atom. The van der Waals surface area contributed by atoms with Crippen molar-refractivity contribution < 1.29 is 0 Å². The number of nitrogens with one attached hydrogen (secondary N) is 1. The second-order valence-corrected chi connectivity index (χ2v) is 11.2. The zero-order chi connectivity index (χ0) is 17.5. The highest BCUT2D eigenvalue weighted by molar-refractivity contribution is 4.97. The zero-order valence-corrected chi connectivity index (χ0v) is 16.5. The highest BCUT2D eigenvalue weighted by atomic mass is 14.9. The minimum absolute atomic E-state index is 0.323. The third-order valence-corrected chi connectivity index (χ3v) is 6.05. The molecule has 2 aliphatic rings. The van der Waals surface area contributed by atoms with E-state index in [1.165, 1.54) is 12.8 Å². The predicted octanol–water partition coefficient (Wildman–Crippen LogP) is 3.66. The maximum atomic E-state index is 6.34. The van der Waals surface area contributed by atoms with Crippen molar-refractivity contribution in [3.8, 4) is 0 Å². The molecule has 23 heavy (non-hydrogen) atoms. The summed E-state index contributed by atoms with van der Waals surface area (Å²) >= 11 is 0. The van der Waals surface area contributed by atoms with Gasteiger partial charge in [0.25, 0.3) is 0 Å². The molecule has 4 atom stereocenters. The summed E-state index contributed by atoms with van der Waals surface area (Å²) in [5.74, 6) is 0. The van der Waals surface area contributed by atoms with Gasteiger partial charge in [-0.3, -0.25) is 0 Å². The van der Waals surface area contributed by atoms with Crippen molar-refractivity contribution in [2.45, 2.75) is 92.2 Å². The minimum atomic E-state index is 0.323. The van der Waals surface area contributed by atoms with Crippen LogP contribution in [0.15, 0.2) is 0 Å². The quantitative estimate of drug-likeness (QED) is 0.740. The van der Waals surface area contributed by atoms with Gasteiger partial charge < -0.3 is 16.8 Å². The summed E-state index contributed by atoms with van der Waals surface area (Å²) in [6.45, 7) is 16.5.